The van der Waals surface area contributed by atoms with Crippen molar-refractivity contribution in [1.29, 1.82) is 0 Å². The number of carbonyl (C=O) groups excluding carboxylic acids is 1. The number of nitrogens with two attached hydrogens (primary N) is 1. The smallest absolute Gasteiger partial charge is 0.233 e. The molecule has 4 rings (SSSR count). The molecule has 2 aliphatic rings. The highest BCUT2D eigenvalue weighted by Gasteiger charge is 2.47. The Morgan fingerprint density at radius 3 is 2.34 bits per heavy atom. The molecule has 0 aromatic heterocycles. The first kappa shape index (κ1) is 21.8. The second-order valence-electron chi connectivity index (χ2n) is 8.28. The summed E-state index contributed by atoms with van der Waals surface area (Å²) in [7, 11) is 0. The van der Waals surface area contributed by atoms with Gasteiger partial charge < -0.3 is 15.4 Å². The molecule has 1 amide bonds. The van der Waals surface area contributed by atoms with E-state index in [4.69, 9.17) is 10.5 Å². The fourth-order valence-electron chi connectivity index (χ4n) is 4.87. The summed E-state index contributed by atoms with van der Waals surface area (Å²) in [5, 5.41) is 0. The van der Waals surface area contributed by atoms with Crippen molar-refractivity contribution in [2.45, 2.75) is 31.1 Å². The second kappa shape index (κ2) is 9.29. The maximum Gasteiger partial charge on any atom is 0.233 e. The van der Waals surface area contributed by atoms with Crippen LogP contribution in [0.2, 0.25) is 0 Å². The molecule has 0 bridgehead atoms. The summed E-state index contributed by atoms with van der Waals surface area (Å²) >= 11 is 0. The number of rotatable bonds is 4. The van der Waals surface area contributed by atoms with Crippen molar-refractivity contribution in [3.63, 3.8) is 0 Å². The van der Waals surface area contributed by atoms with Gasteiger partial charge in [-0.15, -0.1) is 12.4 Å². The zero-order chi connectivity index (χ0) is 19.6. The van der Waals surface area contributed by atoms with Crippen molar-refractivity contribution in [2.24, 2.45) is 11.7 Å². The monoisotopic (exact) mass is 414 g/mol. The molecule has 2 aromatic rings. The molecule has 0 unspecified atom stereocenters. The molecule has 2 N–H and O–H groups in total. The van der Waals surface area contributed by atoms with Crippen LogP contribution >= 0.6 is 12.4 Å². The topological polar surface area (TPSA) is 55.6 Å². The normalized spacial score (nSPS) is 23.4. The standard InChI is InChI=1S/C24H30N2O2.ClH/c1-18-7-9-21(10-8-18)24(11-13-28-14-12-24)23(27)26-16-20(15-25)22(17-26)19-5-3-2-4-6-19;/h2-10,20,22H,11-17,25H2,1H3;1H/t20-,22+;/m1./s1. The Hall–Kier alpha value is -1.88. The Labute approximate surface area is 179 Å². The molecule has 0 spiro atoms. The summed E-state index contributed by atoms with van der Waals surface area (Å²) in [6.45, 7) is 5.44. The second-order valence-corrected chi connectivity index (χ2v) is 8.28. The van der Waals surface area contributed by atoms with Gasteiger partial charge in [0.05, 0.1) is 5.41 Å². The average Bonchev–Trinajstić information content (AvgIpc) is 3.19. The van der Waals surface area contributed by atoms with Crippen LogP contribution in [-0.2, 0) is 14.9 Å². The van der Waals surface area contributed by atoms with Gasteiger partial charge in [-0.25, -0.2) is 0 Å². The van der Waals surface area contributed by atoms with Crippen LogP contribution in [0.3, 0.4) is 0 Å². The molecule has 2 saturated heterocycles. The van der Waals surface area contributed by atoms with Crippen LogP contribution in [-0.4, -0.2) is 43.7 Å². The summed E-state index contributed by atoms with van der Waals surface area (Å²) in [6.07, 6.45) is 1.49. The predicted octanol–water partition coefficient (Wildman–Crippen LogP) is 3.67. The molecule has 156 valence electrons. The van der Waals surface area contributed by atoms with Crippen LogP contribution in [0.25, 0.3) is 0 Å². The fourth-order valence-corrected chi connectivity index (χ4v) is 4.87. The van der Waals surface area contributed by atoms with E-state index in [1.807, 2.05) is 6.07 Å². The van der Waals surface area contributed by atoms with Gasteiger partial charge in [0.15, 0.2) is 0 Å². The summed E-state index contributed by atoms with van der Waals surface area (Å²) in [6, 6.07) is 19.0. The highest BCUT2D eigenvalue weighted by molar-refractivity contribution is 5.89. The number of likely N-dealkylation sites (tertiary alicyclic amines) is 1. The number of halogens is 1. The van der Waals surface area contributed by atoms with Gasteiger partial charge in [0, 0.05) is 32.2 Å². The number of ether oxygens (including phenoxy) is 1. The van der Waals surface area contributed by atoms with Crippen LogP contribution in [0.15, 0.2) is 54.6 Å². The highest BCUT2D eigenvalue weighted by Crippen LogP contribution is 2.40. The number of amides is 1. The van der Waals surface area contributed by atoms with Gasteiger partial charge in [0.2, 0.25) is 5.91 Å². The largest absolute Gasteiger partial charge is 0.381 e. The number of carbonyl (C=O) groups is 1. The highest BCUT2D eigenvalue weighted by atomic mass is 35.5. The third kappa shape index (κ3) is 4.20. The lowest BCUT2D eigenvalue weighted by Gasteiger charge is -2.39. The lowest BCUT2D eigenvalue weighted by molar-refractivity contribution is -0.140. The van der Waals surface area contributed by atoms with E-state index in [9.17, 15) is 4.79 Å². The molecule has 0 aliphatic carbocycles. The Kier molecular flexibility index (Phi) is 6.99. The van der Waals surface area contributed by atoms with E-state index in [0.717, 1.165) is 31.5 Å². The number of hydrogen-bond acceptors (Lipinski definition) is 3. The predicted molar refractivity (Wildman–Crippen MR) is 118 cm³/mol. The Balaban J connectivity index is 0.00000240. The minimum atomic E-state index is -0.476. The molecule has 2 aliphatic heterocycles. The van der Waals surface area contributed by atoms with Crippen LogP contribution < -0.4 is 5.73 Å². The Morgan fingerprint density at radius 2 is 1.72 bits per heavy atom. The van der Waals surface area contributed by atoms with Gasteiger partial charge in [-0.3, -0.25) is 4.79 Å². The number of benzene rings is 2. The number of aryl methyl sites for hydroxylation is 1. The van der Waals surface area contributed by atoms with E-state index in [0.29, 0.717) is 31.6 Å². The molecular formula is C24H31ClN2O2. The van der Waals surface area contributed by atoms with E-state index in [1.54, 1.807) is 0 Å². The van der Waals surface area contributed by atoms with E-state index >= 15 is 0 Å². The van der Waals surface area contributed by atoms with Crippen LogP contribution in [0.4, 0.5) is 0 Å². The summed E-state index contributed by atoms with van der Waals surface area (Å²) < 4.78 is 5.62. The van der Waals surface area contributed by atoms with Crippen LogP contribution in [0.5, 0.6) is 0 Å². The maximum atomic E-state index is 13.9. The van der Waals surface area contributed by atoms with Gasteiger partial charge in [-0.1, -0.05) is 60.2 Å². The molecule has 5 heteroatoms. The lowest BCUT2D eigenvalue weighted by atomic mass is 9.73. The van der Waals surface area contributed by atoms with E-state index in [2.05, 4.69) is 60.4 Å². The molecule has 29 heavy (non-hydrogen) atoms. The third-order valence-corrected chi connectivity index (χ3v) is 6.62. The first-order valence-electron chi connectivity index (χ1n) is 10.3. The Bertz CT molecular complexity index is 803. The minimum Gasteiger partial charge on any atom is -0.381 e. The van der Waals surface area contributed by atoms with Crippen LogP contribution in [0.1, 0.15) is 35.4 Å². The zero-order valence-corrected chi connectivity index (χ0v) is 17.9. The Morgan fingerprint density at radius 1 is 1.07 bits per heavy atom. The molecule has 2 fully saturated rings. The summed E-state index contributed by atoms with van der Waals surface area (Å²) in [5.41, 5.74) is 9.25. The summed E-state index contributed by atoms with van der Waals surface area (Å²) in [5.74, 6) is 0.864. The molecule has 0 saturated carbocycles. The van der Waals surface area contributed by atoms with Crippen LogP contribution in [0, 0.1) is 12.8 Å². The fraction of sp³-hybridized carbons (Fsp3) is 0.458. The third-order valence-electron chi connectivity index (χ3n) is 6.62. The van der Waals surface area contributed by atoms with Gasteiger partial charge in [-0.2, -0.15) is 0 Å². The molecule has 2 aromatic carbocycles. The van der Waals surface area contributed by atoms with Crippen molar-refractivity contribution in [1.82, 2.24) is 4.90 Å². The van der Waals surface area contributed by atoms with Crippen molar-refractivity contribution < 1.29 is 9.53 Å². The van der Waals surface area contributed by atoms with E-state index in [1.165, 1.54) is 11.1 Å². The van der Waals surface area contributed by atoms with Gasteiger partial charge in [0.25, 0.3) is 0 Å². The van der Waals surface area contributed by atoms with Crippen molar-refractivity contribution in [3.8, 4) is 0 Å². The van der Waals surface area contributed by atoms with Gasteiger partial charge in [0.1, 0.15) is 0 Å². The quantitative estimate of drug-likeness (QED) is 0.830. The first-order chi connectivity index (χ1) is 13.6. The van der Waals surface area contributed by atoms with Gasteiger partial charge >= 0.3 is 0 Å². The zero-order valence-electron chi connectivity index (χ0n) is 17.0. The SMILES string of the molecule is Cc1ccc(C2(C(=O)N3C[C@@H](CN)[C@H](c4ccccc4)C3)CCOCC2)cc1.Cl. The van der Waals surface area contributed by atoms with E-state index < -0.39 is 5.41 Å². The lowest BCUT2D eigenvalue weighted by Crippen LogP contribution is -2.49. The van der Waals surface area contributed by atoms with Crippen molar-refractivity contribution in [2.75, 3.05) is 32.8 Å². The number of hydrogen-bond donors (Lipinski definition) is 1. The average molecular weight is 415 g/mol. The first-order valence-corrected chi connectivity index (χ1v) is 10.3. The maximum absolute atomic E-state index is 13.9. The molecule has 2 atom stereocenters. The van der Waals surface area contributed by atoms with Crippen molar-refractivity contribution in [3.05, 3.63) is 71.3 Å². The summed E-state index contributed by atoms with van der Waals surface area (Å²) in [4.78, 5) is 15.9. The van der Waals surface area contributed by atoms with Crippen molar-refractivity contribution >= 4 is 18.3 Å². The molecule has 0 radical (unpaired) electrons. The minimum absolute atomic E-state index is 0. The molecule has 4 nitrogen and oxygen atoms in total. The number of nitrogens with zero attached hydrogens (tertiary/aromatic N) is 1. The van der Waals surface area contributed by atoms with E-state index in [-0.39, 0.29) is 18.3 Å². The molecule has 2 heterocycles. The molecular weight excluding hydrogens is 384 g/mol. The van der Waals surface area contributed by atoms with Gasteiger partial charge in [-0.05, 0) is 43.4 Å².